The Morgan fingerprint density at radius 3 is 2.74 bits per heavy atom. The molecular formula is C21H24ClF3N6O3S. The molecule has 2 unspecified atom stereocenters. The van der Waals surface area contributed by atoms with E-state index >= 15 is 0 Å². The summed E-state index contributed by atoms with van der Waals surface area (Å²) in [6.45, 7) is 3.28. The summed E-state index contributed by atoms with van der Waals surface area (Å²) in [5.74, 6) is -3.28. The molecule has 2 bridgehead atoms. The van der Waals surface area contributed by atoms with Crippen molar-refractivity contribution in [1.29, 1.82) is 0 Å². The van der Waals surface area contributed by atoms with E-state index in [1.165, 1.54) is 6.42 Å². The van der Waals surface area contributed by atoms with Crippen molar-refractivity contribution in [2.45, 2.75) is 31.0 Å². The molecule has 14 heteroatoms. The molecule has 3 heterocycles. The predicted molar refractivity (Wildman–Crippen MR) is 125 cm³/mol. The highest BCUT2D eigenvalue weighted by Crippen LogP contribution is 2.38. The van der Waals surface area contributed by atoms with Gasteiger partial charge in [0, 0.05) is 43.3 Å². The fraction of sp³-hybridized carbons (Fsp3) is 0.476. The summed E-state index contributed by atoms with van der Waals surface area (Å²) in [6.07, 6.45) is -2.30. The van der Waals surface area contributed by atoms with Crippen LogP contribution in [0.25, 0.3) is 0 Å². The number of hydrogen-bond donors (Lipinski definition) is 3. The molecule has 35 heavy (non-hydrogen) atoms. The normalized spacial score (nSPS) is 20.3. The first kappa shape index (κ1) is 25.5. The van der Waals surface area contributed by atoms with Crippen molar-refractivity contribution >= 4 is 40.1 Å². The minimum Gasteiger partial charge on any atom is -0.409 e. The van der Waals surface area contributed by atoms with Crippen LogP contribution in [0.3, 0.4) is 0 Å². The number of carbonyl (C=O) groups is 2. The van der Waals surface area contributed by atoms with E-state index in [0.717, 1.165) is 38.2 Å². The van der Waals surface area contributed by atoms with Crippen LogP contribution in [-0.4, -0.2) is 71.4 Å². The molecule has 3 amide bonds. The number of benzene rings is 1. The number of alkyl halides is 2. The number of primary amides is 1. The van der Waals surface area contributed by atoms with Gasteiger partial charge < -0.3 is 20.7 Å². The van der Waals surface area contributed by atoms with E-state index in [2.05, 4.69) is 36.6 Å². The zero-order valence-electron chi connectivity index (χ0n) is 18.7. The van der Waals surface area contributed by atoms with Crippen LogP contribution in [0.1, 0.15) is 28.8 Å². The number of ether oxygens (including phenoxy) is 1. The Morgan fingerprint density at radius 1 is 1.34 bits per heavy atom. The summed E-state index contributed by atoms with van der Waals surface area (Å²) in [5.41, 5.74) is 3.66. The number of urea groups is 1. The maximum absolute atomic E-state index is 14.6. The monoisotopic (exact) mass is 532 g/mol. The van der Waals surface area contributed by atoms with Gasteiger partial charge in [0.15, 0.2) is 0 Å². The smallest absolute Gasteiger partial charge is 0.409 e. The lowest BCUT2D eigenvalue weighted by molar-refractivity contribution is -0.189. The van der Waals surface area contributed by atoms with Crippen LogP contribution in [0, 0.1) is 5.82 Å². The molecule has 9 nitrogen and oxygen atoms in total. The molecule has 0 aliphatic carbocycles. The first-order valence-corrected chi connectivity index (χ1v) is 12.0. The number of likely N-dealkylation sites (tertiary alicyclic amines) is 2. The van der Waals surface area contributed by atoms with Gasteiger partial charge >= 0.3 is 12.1 Å². The molecule has 2 saturated heterocycles. The molecule has 190 valence electrons. The van der Waals surface area contributed by atoms with Crippen LogP contribution < -0.4 is 21.1 Å². The van der Waals surface area contributed by atoms with Gasteiger partial charge in [-0.2, -0.15) is 13.2 Å². The number of amides is 3. The van der Waals surface area contributed by atoms with E-state index in [0.29, 0.717) is 36.2 Å². The standard InChI is InChI=1S/C21H24ClF3N6O3S/c1-30-9-13-8-12(30)10-31(13)6-2-5-27-20(33)28-19-16(17(26)32)18(29-35-19)34-21(24,25)14-4-3-11(22)7-15(14)23/h3-4,7,12-13H,2,5-6,8-10H2,1H3,(H2,26,32)(H2,27,28,33). The Balaban J connectivity index is 1.33. The molecule has 2 fully saturated rings. The lowest BCUT2D eigenvalue weighted by Crippen LogP contribution is -2.45. The van der Waals surface area contributed by atoms with Crippen molar-refractivity contribution in [1.82, 2.24) is 19.5 Å². The van der Waals surface area contributed by atoms with Gasteiger partial charge in [0.25, 0.3) is 5.91 Å². The van der Waals surface area contributed by atoms with Crippen molar-refractivity contribution in [3.8, 4) is 5.88 Å². The van der Waals surface area contributed by atoms with E-state index in [1.54, 1.807) is 0 Å². The third-order valence-corrected chi connectivity index (χ3v) is 7.12. The summed E-state index contributed by atoms with van der Waals surface area (Å²) in [6, 6.07) is 3.01. The number of fused-ring (bicyclic) bond motifs is 2. The number of anilines is 1. The van der Waals surface area contributed by atoms with E-state index in [9.17, 15) is 22.8 Å². The van der Waals surface area contributed by atoms with Crippen LogP contribution in [0.5, 0.6) is 5.88 Å². The molecule has 2 aliphatic heterocycles. The summed E-state index contributed by atoms with van der Waals surface area (Å²) in [7, 11) is 2.13. The number of hydrogen-bond acceptors (Lipinski definition) is 7. The number of halogens is 4. The van der Waals surface area contributed by atoms with Crippen LogP contribution in [0.4, 0.5) is 23.0 Å². The average Bonchev–Trinajstić information content (AvgIpc) is 3.44. The number of nitrogens with zero attached hydrogens (tertiary/aromatic N) is 3. The molecule has 0 spiro atoms. The van der Waals surface area contributed by atoms with E-state index in [4.69, 9.17) is 17.3 Å². The number of piperazine rings is 1. The minimum absolute atomic E-state index is 0.0775. The van der Waals surface area contributed by atoms with Crippen molar-refractivity contribution in [3.05, 3.63) is 40.2 Å². The number of aromatic nitrogens is 1. The number of carbonyl (C=O) groups excluding carboxylic acids is 2. The molecule has 1 aromatic heterocycles. The second-order valence-corrected chi connectivity index (χ2v) is 9.72. The van der Waals surface area contributed by atoms with E-state index in [1.807, 2.05) is 0 Å². The molecule has 0 saturated carbocycles. The lowest BCUT2D eigenvalue weighted by Gasteiger charge is -2.31. The van der Waals surface area contributed by atoms with E-state index in [-0.39, 0.29) is 10.0 Å². The molecule has 2 aliphatic rings. The first-order chi connectivity index (χ1) is 16.5. The Kier molecular flexibility index (Phi) is 7.40. The first-order valence-electron chi connectivity index (χ1n) is 10.9. The van der Waals surface area contributed by atoms with Gasteiger partial charge in [-0.1, -0.05) is 11.6 Å². The Hall–Kier alpha value is -2.61. The molecule has 2 atom stereocenters. The van der Waals surface area contributed by atoms with Crippen molar-refractivity contribution < 1.29 is 27.5 Å². The number of rotatable bonds is 9. The fourth-order valence-corrected chi connectivity index (χ4v) is 5.28. The van der Waals surface area contributed by atoms with Crippen LogP contribution in [-0.2, 0) is 6.11 Å². The van der Waals surface area contributed by atoms with Gasteiger partial charge in [-0.05, 0) is 49.6 Å². The van der Waals surface area contributed by atoms with Crippen LogP contribution >= 0.6 is 23.1 Å². The molecule has 4 N–H and O–H groups in total. The highest BCUT2D eigenvalue weighted by atomic mass is 35.5. The summed E-state index contributed by atoms with van der Waals surface area (Å²) in [4.78, 5) is 29.0. The van der Waals surface area contributed by atoms with Crippen LogP contribution in [0.2, 0.25) is 5.02 Å². The zero-order chi connectivity index (χ0) is 25.3. The number of likely N-dealkylation sites (N-methyl/N-ethyl adjacent to an activating group) is 1. The highest BCUT2D eigenvalue weighted by molar-refractivity contribution is 7.11. The van der Waals surface area contributed by atoms with E-state index < -0.39 is 40.9 Å². The van der Waals surface area contributed by atoms with Gasteiger partial charge in [-0.3, -0.25) is 15.0 Å². The Bertz CT molecular complexity index is 1120. The van der Waals surface area contributed by atoms with Crippen molar-refractivity contribution in [2.24, 2.45) is 5.73 Å². The average molecular weight is 533 g/mol. The maximum atomic E-state index is 14.6. The molecular weight excluding hydrogens is 509 g/mol. The van der Waals surface area contributed by atoms with Gasteiger partial charge in [-0.15, -0.1) is 0 Å². The van der Waals surface area contributed by atoms with Gasteiger partial charge in [0.2, 0.25) is 5.88 Å². The van der Waals surface area contributed by atoms with Crippen molar-refractivity contribution in [3.63, 3.8) is 0 Å². The summed E-state index contributed by atoms with van der Waals surface area (Å²) < 4.78 is 51.3. The highest BCUT2D eigenvalue weighted by Gasteiger charge is 2.41. The van der Waals surface area contributed by atoms with Gasteiger partial charge in [0.05, 0.1) is 0 Å². The quantitative estimate of drug-likeness (QED) is 0.428. The molecule has 2 aromatic rings. The molecule has 4 rings (SSSR count). The Labute approximate surface area is 208 Å². The number of nitrogens with one attached hydrogen (secondary N) is 2. The Morgan fingerprint density at radius 2 is 2.11 bits per heavy atom. The lowest BCUT2D eigenvalue weighted by atomic mass is 10.2. The molecule has 1 aromatic carbocycles. The topological polar surface area (TPSA) is 113 Å². The fourth-order valence-electron chi connectivity index (χ4n) is 4.40. The zero-order valence-corrected chi connectivity index (χ0v) is 20.3. The predicted octanol–water partition coefficient (Wildman–Crippen LogP) is 3.06. The summed E-state index contributed by atoms with van der Waals surface area (Å²) >= 11 is 6.13. The third kappa shape index (κ3) is 5.63. The van der Waals surface area contributed by atoms with Crippen molar-refractivity contribution in [2.75, 3.05) is 38.5 Å². The third-order valence-electron chi connectivity index (χ3n) is 6.14. The maximum Gasteiger partial charge on any atom is 0.430 e. The minimum atomic E-state index is -4.18. The van der Waals surface area contributed by atoms with Gasteiger partial charge in [0.1, 0.15) is 21.9 Å². The molecule has 0 radical (unpaired) electrons. The second kappa shape index (κ2) is 10.2. The summed E-state index contributed by atoms with van der Waals surface area (Å²) in [5, 5.41) is 4.80. The number of nitrogens with two attached hydrogens (primary N) is 1. The largest absolute Gasteiger partial charge is 0.430 e. The SMILES string of the molecule is CN1CC2CC1CN2CCCNC(=O)Nc1snc(OC(F)(F)c2ccc(Cl)cc2F)c1C(N)=O. The van der Waals surface area contributed by atoms with Gasteiger partial charge in [-0.25, -0.2) is 9.18 Å². The van der Waals surface area contributed by atoms with Crippen LogP contribution in [0.15, 0.2) is 18.2 Å². The second-order valence-electron chi connectivity index (χ2n) is 8.51.